The highest BCUT2D eigenvalue weighted by Gasteiger charge is 2.59. The number of rotatable bonds is 4. The Morgan fingerprint density at radius 3 is 2.12 bits per heavy atom. The predicted molar refractivity (Wildman–Crippen MR) is 206 cm³/mol. The summed E-state index contributed by atoms with van der Waals surface area (Å²) in [5, 5.41) is 7.76. The molecule has 0 N–H and O–H groups in total. The number of ether oxygens (including phenoxy) is 1. The molecule has 242 valence electrons. The smallest absolute Gasteiger partial charge is 0.142 e. The van der Waals surface area contributed by atoms with Crippen LogP contribution in [0.3, 0.4) is 0 Å². The third kappa shape index (κ3) is 4.27. The molecule has 2 aliphatic carbocycles. The zero-order valence-corrected chi connectivity index (χ0v) is 28.2. The number of hydrogen-bond acceptors (Lipinski definition) is 2. The third-order valence-electron chi connectivity index (χ3n) is 11.7. The number of allylic oxidation sites excluding steroid dienone is 1. The van der Waals surface area contributed by atoms with Crippen LogP contribution >= 0.6 is 0 Å². The second-order valence-corrected chi connectivity index (χ2v) is 14.5. The molecule has 4 aliphatic rings. The van der Waals surface area contributed by atoms with Gasteiger partial charge in [0.2, 0.25) is 0 Å². The summed E-state index contributed by atoms with van der Waals surface area (Å²) in [6.45, 7) is 2.39. The normalized spacial score (nSPS) is 24.3. The van der Waals surface area contributed by atoms with Gasteiger partial charge in [-0.15, -0.1) is 0 Å². The Balaban J connectivity index is 1.43. The topological polar surface area (TPSA) is 12.5 Å². The molecule has 5 unspecified atom stereocenters. The monoisotopic (exact) mass is 645 g/mol. The van der Waals surface area contributed by atoms with Crippen molar-refractivity contribution >= 4 is 40.8 Å². The van der Waals surface area contributed by atoms with Crippen LogP contribution in [0, 0.1) is 11.8 Å². The molecule has 6 aromatic carbocycles. The van der Waals surface area contributed by atoms with E-state index in [9.17, 15) is 0 Å². The Morgan fingerprint density at radius 2 is 1.38 bits per heavy atom. The van der Waals surface area contributed by atoms with Gasteiger partial charge in [-0.25, -0.2) is 0 Å². The van der Waals surface area contributed by atoms with Crippen LogP contribution in [0.5, 0.6) is 5.75 Å². The van der Waals surface area contributed by atoms with Crippen LogP contribution in [-0.2, 0) is 11.8 Å². The number of benzene rings is 6. The minimum atomic E-state index is -0.398. The number of para-hydroxylation sites is 1. The van der Waals surface area contributed by atoms with Crippen molar-refractivity contribution < 1.29 is 4.74 Å². The fraction of sp³-hybridized carbons (Fsp3) is 0.167. The van der Waals surface area contributed by atoms with Gasteiger partial charge >= 0.3 is 0 Å². The Morgan fingerprint density at radius 1 is 0.700 bits per heavy atom. The molecule has 0 amide bonds. The van der Waals surface area contributed by atoms with Gasteiger partial charge in [0.15, 0.2) is 0 Å². The summed E-state index contributed by atoms with van der Waals surface area (Å²) in [7, 11) is 0. The van der Waals surface area contributed by atoms with Crippen LogP contribution in [0.1, 0.15) is 47.7 Å². The average Bonchev–Trinajstić information content (AvgIpc) is 3.49. The van der Waals surface area contributed by atoms with Crippen molar-refractivity contribution in [3.05, 3.63) is 189 Å². The van der Waals surface area contributed by atoms with Crippen molar-refractivity contribution in [3.8, 4) is 5.75 Å². The van der Waals surface area contributed by atoms with Crippen LogP contribution in [0.2, 0.25) is 0 Å². The van der Waals surface area contributed by atoms with Crippen molar-refractivity contribution in [3.63, 3.8) is 0 Å². The molecule has 2 heteroatoms. The summed E-state index contributed by atoms with van der Waals surface area (Å²) in [6, 6.07) is 49.6. The van der Waals surface area contributed by atoms with Gasteiger partial charge < -0.3 is 9.64 Å². The van der Waals surface area contributed by atoms with Crippen molar-refractivity contribution in [1.82, 2.24) is 0 Å². The van der Waals surface area contributed by atoms with Gasteiger partial charge in [-0.2, -0.15) is 0 Å². The minimum absolute atomic E-state index is 0.0179. The molecule has 2 nitrogen and oxygen atoms in total. The standard InChI is InChI=1S/C48H39NO/c1-32-24-25-33-26-27-39-44(40(33)29-32)42-31-48(36-19-10-4-11-20-36)43(30-41(42)38-23-14-28-50-46(38)39)45(34-15-6-2-7-16-34)49(37-21-12-5-13-22-37)47(48)35-17-8-3-9-18-35/h2-23,25-28,30-32,43,45,47H,24,29H2,1H3. The molecule has 6 aromatic rings. The van der Waals surface area contributed by atoms with Crippen molar-refractivity contribution in [2.24, 2.45) is 11.8 Å². The van der Waals surface area contributed by atoms with E-state index in [1.54, 1.807) is 0 Å². The first-order chi connectivity index (χ1) is 24.7. The summed E-state index contributed by atoms with van der Waals surface area (Å²) < 4.78 is 6.47. The molecule has 1 saturated heterocycles. The van der Waals surface area contributed by atoms with E-state index in [2.05, 4.69) is 176 Å². The van der Waals surface area contributed by atoms with E-state index in [-0.39, 0.29) is 18.0 Å². The molecule has 0 spiro atoms. The van der Waals surface area contributed by atoms with E-state index in [0.29, 0.717) is 5.92 Å². The predicted octanol–water partition coefficient (Wildman–Crippen LogP) is 8.02. The van der Waals surface area contributed by atoms with Gasteiger partial charge in [-0.1, -0.05) is 140 Å². The van der Waals surface area contributed by atoms with Gasteiger partial charge in [0, 0.05) is 27.6 Å². The van der Waals surface area contributed by atoms with Crippen LogP contribution < -0.4 is 30.5 Å². The average molecular weight is 646 g/mol. The maximum Gasteiger partial charge on any atom is 0.142 e. The van der Waals surface area contributed by atoms with E-state index < -0.39 is 5.41 Å². The SMILES string of the molecule is CC1CC=c2ccc3c4c(c5c(c3c2C1)=CC1(c2ccccc2)C(C=5)C(c2ccccc2)N(c2ccccc2)C1c1ccccc1)=CC=CO4. The van der Waals surface area contributed by atoms with Gasteiger partial charge in [-0.3, -0.25) is 0 Å². The molecule has 0 aromatic heterocycles. The summed E-state index contributed by atoms with van der Waals surface area (Å²) in [6.07, 6.45) is 16.2. The van der Waals surface area contributed by atoms with Crippen LogP contribution in [0.4, 0.5) is 5.69 Å². The molecule has 10 rings (SSSR count). The number of anilines is 1. The molecule has 5 atom stereocenters. The van der Waals surface area contributed by atoms with Crippen molar-refractivity contribution in [1.29, 1.82) is 0 Å². The molecular weight excluding hydrogens is 607 g/mol. The fourth-order valence-electron chi connectivity index (χ4n) is 9.73. The molecular formula is C48H39NO. The van der Waals surface area contributed by atoms with Crippen LogP contribution in [-0.4, -0.2) is 0 Å². The van der Waals surface area contributed by atoms with Crippen LogP contribution in [0.25, 0.3) is 35.1 Å². The van der Waals surface area contributed by atoms with E-state index in [1.165, 1.54) is 59.6 Å². The lowest BCUT2D eigenvalue weighted by Crippen LogP contribution is -2.50. The number of fused-ring (bicyclic) bond motifs is 9. The summed E-state index contributed by atoms with van der Waals surface area (Å²) >= 11 is 0. The second kappa shape index (κ2) is 11.5. The van der Waals surface area contributed by atoms with Gasteiger partial charge in [0.1, 0.15) is 5.75 Å². The highest BCUT2D eigenvalue weighted by atomic mass is 16.5. The highest BCUT2D eigenvalue weighted by Crippen LogP contribution is 2.63. The third-order valence-corrected chi connectivity index (χ3v) is 11.7. The number of nitrogens with zero attached hydrogens (tertiary/aromatic N) is 1. The van der Waals surface area contributed by atoms with E-state index >= 15 is 0 Å². The Hall–Kier alpha value is -5.60. The largest absolute Gasteiger partial charge is 0.464 e. The second-order valence-electron chi connectivity index (χ2n) is 14.5. The van der Waals surface area contributed by atoms with E-state index in [0.717, 1.165) is 18.6 Å². The lowest BCUT2D eigenvalue weighted by molar-refractivity contribution is 0.444. The molecule has 0 bridgehead atoms. The molecule has 0 radical (unpaired) electrons. The Kier molecular flexibility index (Phi) is 6.74. The van der Waals surface area contributed by atoms with Gasteiger partial charge in [-0.05, 0) is 92.4 Å². The number of hydrogen-bond donors (Lipinski definition) is 0. The first kappa shape index (κ1) is 29.3. The first-order valence-corrected chi connectivity index (χ1v) is 18.1. The zero-order chi connectivity index (χ0) is 33.2. The molecule has 1 fully saturated rings. The Bertz CT molecular complexity index is 2540. The van der Waals surface area contributed by atoms with E-state index in [4.69, 9.17) is 4.74 Å². The van der Waals surface area contributed by atoms with Crippen LogP contribution in [0.15, 0.2) is 146 Å². The van der Waals surface area contributed by atoms with Gasteiger partial charge in [0.25, 0.3) is 0 Å². The molecule has 0 saturated carbocycles. The maximum atomic E-state index is 6.47. The molecule has 50 heavy (non-hydrogen) atoms. The lowest BCUT2D eigenvalue weighted by Gasteiger charge is -2.41. The Labute approximate surface area is 293 Å². The van der Waals surface area contributed by atoms with E-state index in [1.807, 2.05) is 6.26 Å². The summed E-state index contributed by atoms with van der Waals surface area (Å²) in [4.78, 5) is 2.74. The summed E-state index contributed by atoms with van der Waals surface area (Å²) in [5.41, 5.74) is 6.28. The zero-order valence-electron chi connectivity index (χ0n) is 28.2. The van der Waals surface area contributed by atoms with Gasteiger partial charge in [0.05, 0.1) is 18.3 Å². The fourth-order valence-corrected chi connectivity index (χ4v) is 9.73. The maximum absolute atomic E-state index is 6.47. The summed E-state index contributed by atoms with van der Waals surface area (Å²) in [5.74, 6) is 1.68. The first-order valence-electron chi connectivity index (χ1n) is 18.1. The highest BCUT2D eigenvalue weighted by molar-refractivity contribution is 5.94. The minimum Gasteiger partial charge on any atom is -0.464 e. The quantitative estimate of drug-likeness (QED) is 0.193. The lowest BCUT2D eigenvalue weighted by atomic mass is 9.62. The molecule has 2 aliphatic heterocycles. The van der Waals surface area contributed by atoms with Crippen molar-refractivity contribution in [2.45, 2.75) is 37.3 Å². The van der Waals surface area contributed by atoms with Crippen molar-refractivity contribution in [2.75, 3.05) is 4.90 Å². The molecule has 2 heterocycles.